The van der Waals surface area contributed by atoms with Gasteiger partial charge in [0.15, 0.2) is 0 Å². The van der Waals surface area contributed by atoms with Gasteiger partial charge in [0.2, 0.25) is 0 Å². The number of amides is 1. The zero-order valence-corrected chi connectivity index (χ0v) is 9.28. The van der Waals surface area contributed by atoms with Crippen molar-refractivity contribution >= 4 is 5.91 Å². The third-order valence-electron chi connectivity index (χ3n) is 2.73. The van der Waals surface area contributed by atoms with Crippen LogP contribution in [0.2, 0.25) is 0 Å². The Kier molecular flexibility index (Phi) is 2.55. The van der Waals surface area contributed by atoms with Crippen molar-refractivity contribution in [1.29, 1.82) is 0 Å². The van der Waals surface area contributed by atoms with E-state index < -0.39 is 6.10 Å². The van der Waals surface area contributed by atoms with E-state index in [1.807, 2.05) is 0 Å². The highest BCUT2D eigenvalue weighted by Gasteiger charge is 2.31. The number of rotatable bonds is 1. The molecule has 1 aliphatic heterocycles. The Bertz CT molecular complexity index is 486. The Morgan fingerprint density at radius 3 is 2.62 bits per heavy atom. The molecule has 1 aromatic rings. The second kappa shape index (κ2) is 3.75. The van der Waals surface area contributed by atoms with Crippen molar-refractivity contribution < 1.29 is 9.90 Å². The summed E-state index contributed by atoms with van der Waals surface area (Å²) in [6.45, 7) is 4.14. The summed E-state index contributed by atoms with van der Waals surface area (Å²) >= 11 is 0. The van der Waals surface area contributed by atoms with E-state index in [0.29, 0.717) is 18.7 Å². The number of hydrogen-bond acceptors (Lipinski definition) is 3. The molecule has 0 unspecified atom stereocenters. The van der Waals surface area contributed by atoms with Crippen molar-refractivity contribution in [3.8, 4) is 0 Å². The quantitative estimate of drug-likeness (QED) is 0.691. The molecule has 2 N–H and O–H groups in total. The first-order chi connectivity index (χ1) is 7.49. The first kappa shape index (κ1) is 10.9. The lowest BCUT2D eigenvalue weighted by atomic mass is 10.1. The number of nitrogens with one attached hydrogen (secondary N) is 1. The Morgan fingerprint density at radius 1 is 1.50 bits per heavy atom. The zero-order chi connectivity index (χ0) is 11.9. The van der Waals surface area contributed by atoms with Crippen molar-refractivity contribution in [2.24, 2.45) is 0 Å². The van der Waals surface area contributed by atoms with Gasteiger partial charge in [0.25, 0.3) is 11.5 Å². The fourth-order valence-electron chi connectivity index (χ4n) is 1.90. The molecule has 86 valence electrons. The molecule has 1 saturated heterocycles. The number of nitrogens with zero attached hydrogens (tertiary/aromatic N) is 1. The van der Waals surface area contributed by atoms with Crippen molar-refractivity contribution in [2.45, 2.75) is 20.0 Å². The normalized spacial score (nSPS) is 16.1. The van der Waals surface area contributed by atoms with Crippen LogP contribution in [-0.2, 0) is 0 Å². The SMILES string of the molecule is Cc1cc(C)c(C(=O)N2CC(O)C2)c(=O)[nH]1. The van der Waals surface area contributed by atoms with Crippen LogP contribution in [0.5, 0.6) is 0 Å². The van der Waals surface area contributed by atoms with Gasteiger partial charge in [-0.25, -0.2) is 0 Å². The summed E-state index contributed by atoms with van der Waals surface area (Å²) in [6.07, 6.45) is -0.450. The Labute approximate surface area is 92.7 Å². The van der Waals surface area contributed by atoms with Gasteiger partial charge in [-0.3, -0.25) is 9.59 Å². The molecule has 0 atom stereocenters. The molecule has 0 radical (unpaired) electrons. The maximum Gasteiger partial charge on any atom is 0.261 e. The van der Waals surface area contributed by atoms with Crippen LogP contribution in [0.25, 0.3) is 0 Å². The van der Waals surface area contributed by atoms with Gasteiger partial charge in [-0.2, -0.15) is 0 Å². The maximum atomic E-state index is 11.9. The van der Waals surface area contributed by atoms with Crippen LogP contribution >= 0.6 is 0 Å². The summed E-state index contributed by atoms with van der Waals surface area (Å²) in [6, 6.07) is 1.77. The number of aromatic amines is 1. The fourth-order valence-corrected chi connectivity index (χ4v) is 1.90. The van der Waals surface area contributed by atoms with Gasteiger partial charge in [-0.05, 0) is 25.5 Å². The summed E-state index contributed by atoms with van der Waals surface area (Å²) in [5.41, 5.74) is 1.23. The minimum atomic E-state index is -0.450. The van der Waals surface area contributed by atoms with Gasteiger partial charge in [0.1, 0.15) is 5.56 Å². The number of aliphatic hydroxyl groups is 1. The minimum absolute atomic E-state index is 0.178. The van der Waals surface area contributed by atoms with E-state index in [0.717, 1.165) is 5.69 Å². The lowest BCUT2D eigenvalue weighted by Crippen LogP contribution is -2.54. The first-order valence-electron chi connectivity index (χ1n) is 5.17. The zero-order valence-electron chi connectivity index (χ0n) is 9.28. The van der Waals surface area contributed by atoms with Crippen LogP contribution in [0, 0.1) is 13.8 Å². The first-order valence-corrected chi connectivity index (χ1v) is 5.17. The van der Waals surface area contributed by atoms with E-state index in [9.17, 15) is 9.59 Å². The topological polar surface area (TPSA) is 73.4 Å². The molecule has 16 heavy (non-hydrogen) atoms. The van der Waals surface area contributed by atoms with Crippen LogP contribution < -0.4 is 5.56 Å². The number of H-pyrrole nitrogens is 1. The summed E-state index contributed by atoms with van der Waals surface area (Å²) < 4.78 is 0. The number of likely N-dealkylation sites (tertiary alicyclic amines) is 1. The standard InChI is InChI=1S/C11H14N2O3/c1-6-3-7(2)12-10(15)9(6)11(16)13-4-8(14)5-13/h3,8,14H,4-5H2,1-2H3,(H,12,15). The third-order valence-corrected chi connectivity index (χ3v) is 2.73. The van der Waals surface area contributed by atoms with Crippen LogP contribution in [0.15, 0.2) is 10.9 Å². The summed E-state index contributed by atoms with van der Waals surface area (Å²) in [5.74, 6) is -0.302. The highest BCUT2D eigenvalue weighted by molar-refractivity contribution is 5.95. The number of aryl methyl sites for hydroxylation is 2. The highest BCUT2D eigenvalue weighted by Crippen LogP contribution is 2.13. The molecule has 1 fully saturated rings. The number of carbonyl (C=O) groups excluding carboxylic acids is 1. The fraction of sp³-hybridized carbons (Fsp3) is 0.455. The number of pyridine rings is 1. The van der Waals surface area contributed by atoms with E-state index in [4.69, 9.17) is 5.11 Å². The molecule has 0 aliphatic carbocycles. The van der Waals surface area contributed by atoms with Gasteiger partial charge in [-0.15, -0.1) is 0 Å². The largest absolute Gasteiger partial charge is 0.389 e. The van der Waals surface area contributed by atoms with Crippen LogP contribution in [0.1, 0.15) is 21.6 Å². The van der Waals surface area contributed by atoms with Crippen molar-refractivity contribution in [1.82, 2.24) is 9.88 Å². The van der Waals surface area contributed by atoms with E-state index in [-0.39, 0.29) is 17.0 Å². The van der Waals surface area contributed by atoms with Gasteiger partial charge in [-0.1, -0.05) is 0 Å². The molecule has 5 heteroatoms. The summed E-state index contributed by atoms with van der Waals surface area (Å²) in [4.78, 5) is 27.7. The van der Waals surface area contributed by atoms with Crippen LogP contribution in [-0.4, -0.2) is 40.1 Å². The molecule has 1 amide bonds. The van der Waals surface area contributed by atoms with Crippen molar-refractivity contribution in [3.63, 3.8) is 0 Å². The van der Waals surface area contributed by atoms with Gasteiger partial charge >= 0.3 is 0 Å². The summed E-state index contributed by atoms with van der Waals surface area (Å²) in [7, 11) is 0. The molecule has 0 saturated carbocycles. The number of aromatic nitrogens is 1. The monoisotopic (exact) mass is 222 g/mol. The molecule has 2 heterocycles. The molecule has 5 nitrogen and oxygen atoms in total. The van der Waals surface area contributed by atoms with Gasteiger partial charge in [0, 0.05) is 18.8 Å². The molecule has 1 aromatic heterocycles. The minimum Gasteiger partial charge on any atom is -0.389 e. The number of hydrogen-bond donors (Lipinski definition) is 2. The molecule has 0 bridgehead atoms. The summed E-state index contributed by atoms with van der Waals surface area (Å²) in [5, 5.41) is 9.12. The van der Waals surface area contributed by atoms with Gasteiger partial charge < -0.3 is 15.0 Å². The smallest absolute Gasteiger partial charge is 0.261 e. The highest BCUT2D eigenvalue weighted by atomic mass is 16.3. The Morgan fingerprint density at radius 2 is 2.12 bits per heavy atom. The predicted molar refractivity (Wildman–Crippen MR) is 58.4 cm³/mol. The van der Waals surface area contributed by atoms with Crippen LogP contribution in [0.3, 0.4) is 0 Å². The average Bonchev–Trinajstić information content (AvgIpc) is 2.10. The third kappa shape index (κ3) is 1.74. The lowest BCUT2D eigenvalue weighted by Gasteiger charge is -2.35. The van der Waals surface area contributed by atoms with E-state index in [2.05, 4.69) is 4.98 Å². The second-order valence-corrected chi connectivity index (χ2v) is 4.20. The number of carbonyl (C=O) groups is 1. The molecule has 2 rings (SSSR count). The van der Waals surface area contributed by atoms with E-state index in [1.165, 1.54) is 4.90 Å². The van der Waals surface area contributed by atoms with E-state index >= 15 is 0 Å². The van der Waals surface area contributed by atoms with E-state index in [1.54, 1.807) is 19.9 Å². The lowest BCUT2D eigenvalue weighted by molar-refractivity contribution is 0.00571. The predicted octanol–water partition coefficient (Wildman–Crippen LogP) is -0.192. The van der Waals surface area contributed by atoms with Crippen LogP contribution in [0.4, 0.5) is 0 Å². The van der Waals surface area contributed by atoms with Crippen molar-refractivity contribution in [3.05, 3.63) is 33.2 Å². The Balaban J connectivity index is 2.34. The molecular formula is C11H14N2O3. The second-order valence-electron chi connectivity index (χ2n) is 4.20. The Hall–Kier alpha value is -1.62. The molecular weight excluding hydrogens is 208 g/mol. The molecule has 0 aromatic carbocycles. The molecule has 0 spiro atoms. The van der Waals surface area contributed by atoms with Crippen molar-refractivity contribution in [2.75, 3.05) is 13.1 Å². The number of β-amino-alcohol motifs (C(OH)–C–C–N with tert-alkyl or cyclic N) is 1. The van der Waals surface area contributed by atoms with Gasteiger partial charge in [0.05, 0.1) is 6.10 Å². The maximum absolute atomic E-state index is 11.9. The number of aliphatic hydroxyl groups excluding tert-OH is 1. The average molecular weight is 222 g/mol. The molecule has 1 aliphatic rings.